The molecule has 0 bridgehead atoms. The molecule has 4 heterocycles. The number of nitrogens with zero attached hydrogens (tertiary/aromatic N) is 2. The Balaban J connectivity index is 1.22. The van der Waals surface area contributed by atoms with E-state index in [1.54, 1.807) is 12.1 Å². The number of aromatic hydroxyl groups is 9. The molecule has 9 N–H and O–H groups in total. The van der Waals surface area contributed by atoms with E-state index >= 15 is 0 Å². The molecule has 0 saturated heterocycles. The third-order valence-electron chi connectivity index (χ3n) is 12.2. The number of phenols is 9. The van der Waals surface area contributed by atoms with Crippen LogP contribution in [0.2, 0.25) is 0 Å². The van der Waals surface area contributed by atoms with Crippen molar-refractivity contribution in [1.82, 2.24) is 8.97 Å². The maximum atomic E-state index is 12.5. The maximum Gasteiger partial charge on any atom is 0.250 e. The smallest absolute Gasteiger partial charge is 0.250 e. The Bertz CT molecular complexity index is 3980. The first-order valence-corrected chi connectivity index (χ1v) is 19.7. The summed E-state index contributed by atoms with van der Waals surface area (Å²) in [5.74, 6) is -8.41. The Labute approximate surface area is 364 Å². The van der Waals surface area contributed by atoms with Crippen LogP contribution in [-0.4, -0.2) is 70.6 Å². The van der Waals surface area contributed by atoms with Gasteiger partial charge < -0.3 is 50.5 Å². The monoisotopic (exact) mass is 860 g/mol. The van der Waals surface area contributed by atoms with Crippen molar-refractivity contribution in [1.29, 1.82) is 0 Å². The largest absolute Gasteiger partial charge is 0.505 e. The van der Waals surface area contributed by atoms with Gasteiger partial charge >= 0.3 is 0 Å². The number of fused-ring (bicyclic) bond motifs is 5. The van der Waals surface area contributed by atoms with Crippen molar-refractivity contribution in [3.05, 3.63) is 103 Å². The molecular weight excluding hydrogens is 834 g/mol. The minimum absolute atomic E-state index is 0.135. The van der Waals surface area contributed by atoms with Gasteiger partial charge in [-0.15, -0.1) is 0 Å². The van der Waals surface area contributed by atoms with Crippen molar-refractivity contribution in [2.45, 2.75) is 0 Å². The third-order valence-corrected chi connectivity index (χ3v) is 12.2. The molecule has 65 heavy (non-hydrogen) atoms. The highest BCUT2D eigenvalue weighted by atomic mass is 17.0. The summed E-state index contributed by atoms with van der Waals surface area (Å²) in [5.41, 5.74) is 1.56. The second-order valence-corrected chi connectivity index (χ2v) is 15.6. The number of hydrogen-bond donors (Lipinski definition) is 9. The number of aromatic nitrogens is 2. The molecule has 4 aromatic heterocycles. The van der Waals surface area contributed by atoms with Crippen molar-refractivity contribution in [3.8, 4) is 90.8 Å². The van der Waals surface area contributed by atoms with Gasteiger partial charge in [-0.1, -0.05) is 72.8 Å². The summed E-state index contributed by atoms with van der Waals surface area (Å²) in [5, 5.41) is 101. The first-order chi connectivity index (χ1) is 31.4. The van der Waals surface area contributed by atoms with E-state index in [2.05, 4.69) is 18.2 Å². The zero-order chi connectivity index (χ0) is 44.9. The Morgan fingerprint density at radius 3 is 1.31 bits per heavy atom. The molecule has 312 valence electrons. The minimum Gasteiger partial charge on any atom is -0.505 e. The lowest BCUT2D eigenvalue weighted by Gasteiger charge is -2.14. The van der Waals surface area contributed by atoms with E-state index in [9.17, 15) is 46.0 Å². The van der Waals surface area contributed by atoms with Crippen LogP contribution in [0.3, 0.4) is 0 Å². The highest BCUT2D eigenvalue weighted by molar-refractivity contribution is 6.47. The summed E-state index contributed by atoms with van der Waals surface area (Å²) in [6.45, 7) is 0. The summed E-state index contributed by atoms with van der Waals surface area (Å²) in [6, 6.07) is 33.1. The lowest BCUT2D eigenvalue weighted by atomic mass is 9.89. The Hall–Kier alpha value is -9.11. The van der Waals surface area contributed by atoms with Gasteiger partial charge in [0.2, 0.25) is 39.6 Å². The number of benzene rings is 8. The molecular formula is C48H26B2N2O13. The van der Waals surface area contributed by atoms with E-state index < -0.39 is 85.0 Å². The maximum absolute atomic E-state index is 12.5. The molecule has 0 aliphatic carbocycles. The number of rotatable bonds is 4. The van der Waals surface area contributed by atoms with Gasteiger partial charge in [0.25, 0.3) is 0 Å². The summed E-state index contributed by atoms with van der Waals surface area (Å²) in [4.78, 5) is 0. The molecule has 8 aromatic carbocycles. The van der Waals surface area contributed by atoms with Crippen molar-refractivity contribution in [2.24, 2.45) is 0 Å². The second-order valence-electron chi connectivity index (χ2n) is 15.6. The van der Waals surface area contributed by atoms with Gasteiger partial charge in [-0.05, 0) is 74.6 Å². The van der Waals surface area contributed by atoms with Crippen LogP contribution in [0.25, 0.3) is 111 Å². The molecule has 4 radical (unpaired) electrons. The molecule has 0 unspecified atom stereocenters. The highest BCUT2D eigenvalue weighted by Crippen LogP contribution is 2.55. The summed E-state index contributed by atoms with van der Waals surface area (Å²) < 4.78 is 25.6. The fraction of sp³-hybridized carbons (Fsp3) is 0. The van der Waals surface area contributed by atoms with E-state index in [4.69, 9.17) is 34.0 Å². The lowest BCUT2D eigenvalue weighted by Crippen LogP contribution is -2.09. The predicted molar refractivity (Wildman–Crippen MR) is 242 cm³/mol. The van der Waals surface area contributed by atoms with Crippen LogP contribution in [0.4, 0.5) is 0 Å². The summed E-state index contributed by atoms with van der Waals surface area (Å²) >= 11 is 0. The van der Waals surface area contributed by atoms with Gasteiger partial charge in [0, 0.05) is 11.1 Å². The first-order valence-electron chi connectivity index (χ1n) is 19.7. The van der Waals surface area contributed by atoms with Crippen LogP contribution in [-0.2, 0) is 0 Å². The van der Waals surface area contributed by atoms with Crippen molar-refractivity contribution < 1.29 is 64.3 Å². The molecule has 0 aliphatic heterocycles. The van der Waals surface area contributed by atoms with E-state index in [1.165, 1.54) is 8.97 Å². The normalized spacial score (nSPS) is 12.1. The average molecular weight is 860 g/mol. The van der Waals surface area contributed by atoms with Gasteiger partial charge in [-0.25, -0.2) is 0 Å². The SMILES string of the molecule is [B]c1c(O)c(O)c2ooc3c(O)c4c(c5ooc6c(O)c(O)c(O)c7c1c2n(c35)c67)c1c(O)c(O)c(O)c([B])c1n4-c1ccc(-c2cc(-c3ccccc3)cc(-c3ccccc3)c2)cc1. The van der Waals surface area contributed by atoms with Crippen LogP contribution in [0.5, 0.6) is 51.7 Å². The fourth-order valence-corrected chi connectivity index (χ4v) is 9.19. The second kappa shape index (κ2) is 13.0. The molecule has 12 aromatic rings. The van der Waals surface area contributed by atoms with Gasteiger partial charge in [0.1, 0.15) is 37.8 Å². The highest BCUT2D eigenvalue weighted by Gasteiger charge is 2.35. The first kappa shape index (κ1) is 37.6. The molecule has 17 heteroatoms. The number of hydrogen-bond acceptors (Lipinski definition) is 13. The van der Waals surface area contributed by atoms with Gasteiger partial charge in [0.05, 0.1) is 21.7 Å². The standard InChI is InChI=1S/C48H26B2N2O13/c49-29-25-26-34-47(44(61)42(59)36(26)53)63-62-45-28-27-31(30(50)39(56)41(58)37(27)54)51(32(28)40(57)48-35(45)52(34)33(25)46(64-65-48)43(60)38(29)55)24-13-11-20(12-14-24)23-16-21(18-7-3-1-4-8-18)15-22(17-23)19-9-5-2-6-10-19/h1-17,53-61H. The molecule has 12 rings (SSSR count). The number of phenolic OH excluding ortho intramolecular Hbond substituents is 9. The van der Waals surface area contributed by atoms with Crippen molar-refractivity contribution in [3.63, 3.8) is 0 Å². The third kappa shape index (κ3) is 4.80. The molecule has 15 nitrogen and oxygen atoms in total. The Morgan fingerprint density at radius 2 is 0.754 bits per heavy atom. The van der Waals surface area contributed by atoms with E-state index in [-0.39, 0.29) is 49.1 Å². The van der Waals surface area contributed by atoms with Crippen LogP contribution in [0, 0.1) is 0 Å². The lowest BCUT2D eigenvalue weighted by molar-refractivity contribution is 0.0854. The van der Waals surface area contributed by atoms with E-state index in [0.29, 0.717) is 5.69 Å². The minimum atomic E-state index is -1.08. The summed E-state index contributed by atoms with van der Waals surface area (Å²) in [7, 11) is 12.9. The summed E-state index contributed by atoms with van der Waals surface area (Å²) in [6.07, 6.45) is 0. The molecule has 0 aliphatic rings. The Kier molecular flexibility index (Phi) is 7.51. The zero-order valence-electron chi connectivity index (χ0n) is 33.0. The van der Waals surface area contributed by atoms with Crippen LogP contribution >= 0.6 is 0 Å². The Morgan fingerprint density at radius 1 is 0.323 bits per heavy atom. The molecule has 0 spiro atoms. The van der Waals surface area contributed by atoms with Crippen LogP contribution in [0.1, 0.15) is 0 Å². The van der Waals surface area contributed by atoms with Gasteiger partial charge in [0.15, 0.2) is 34.5 Å². The molecule has 0 atom stereocenters. The van der Waals surface area contributed by atoms with Crippen LogP contribution in [0.15, 0.2) is 121 Å². The van der Waals surface area contributed by atoms with Gasteiger partial charge in [-0.2, -0.15) is 0 Å². The van der Waals surface area contributed by atoms with Crippen LogP contribution < -0.4 is 10.9 Å². The van der Waals surface area contributed by atoms with Gasteiger partial charge in [-0.3, -0.25) is 22.7 Å². The molecule has 0 fully saturated rings. The fourth-order valence-electron chi connectivity index (χ4n) is 9.19. The predicted octanol–water partition coefficient (Wildman–Crippen LogP) is 8.52. The van der Waals surface area contributed by atoms with E-state index in [1.807, 2.05) is 72.8 Å². The van der Waals surface area contributed by atoms with Crippen molar-refractivity contribution in [2.75, 3.05) is 0 Å². The topological polar surface area (TPSA) is 244 Å². The molecule has 0 saturated carbocycles. The quantitative estimate of drug-likeness (QED) is 0.0458. The average Bonchev–Trinajstić information content (AvgIpc) is 3.74. The van der Waals surface area contributed by atoms with E-state index in [0.717, 1.165) is 33.4 Å². The van der Waals surface area contributed by atoms with Crippen molar-refractivity contribution >= 4 is 98.1 Å². The zero-order valence-corrected chi connectivity index (χ0v) is 33.0. The molecule has 0 amide bonds.